The molecule has 8 nitrogen and oxygen atoms in total. The molecule has 0 spiro atoms. The molecule has 1 aromatic heterocycles. The molecule has 0 saturated carbocycles. The van der Waals surface area contributed by atoms with Gasteiger partial charge in [-0.1, -0.05) is 13.8 Å². The SMILES string of the molecule is CC(=O)NC(CC(C)C)[C@H]1C(c2nccs2)CC(C(=O)OC(C)(C)C)N1C(=O)OC(C)(C)C. The van der Waals surface area contributed by atoms with Crippen LogP contribution in [0.25, 0.3) is 0 Å². The molecule has 0 aromatic carbocycles. The molecule has 2 heterocycles. The van der Waals surface area contributed by atoms with Crippen molar-refractivity contribution in [1.82, 2.24) is 15.2 Å². The molecule has 1 fully saturated rings. The summed E-state index contributed by atoms with van der Waals surface area (Å²) in [5, 5.41) is 5.73. The number of hydrogen-bond acceptors (Lipinski definition) is 7. The van der Waals surface area contributed by atoms with Gasteiger partial charge in [-0.2, -0.15) is 0 Å². The lowest BCUT2D eigenvalue weighted by molar-refractivity contribution is -0.160. The van der Waals surface area contributed by atoms with Crippen molar-refractivity contribution in [3.8, 4) is 0 Å². The third kappa shape index (κ3) is 7.69. The minimum atomic E-state index is -0.846. The summed E-state index contributed by atoms with van der Waals surface area (Å²) in [6, 6.07) is -1.73. The number of aromatic nitrogens is 1. The van der Waals surface area contributed by atoms with Gasteiger partial charge in [0, 0.05) is 24.4 Å². The van der Waals surface area contributed by atoms with Gasteiger partial charge in [-0.05, 0) is 60.3 Å². The molecule has 1 N–H and O–H groups in total. The molecule has 9 heteroatoms. The van der Waals surface area contributed by atoms with Gasteiger partial charge in [-0.15, -0.1) is 11.3 Å². The van der Waals surface area contributed by atoms with Gasteiger partial charge in [-0.25, -0.2) is 14.6 Å². The third-order valence-corrected chi connectivity index (χ3v) is 6.03. The molecule has 1 saturated heterocycles. The zero-order valence-corrected chi connectivity index (χ0v) is 22.1. The Morgan fingerprint density at radius 1 is 1.15 bits per heavy atom. The van der Waals surface area contributed by atoms with Gasteiger partial charge >= 0.3 is 12.1 Å². The number of nitrogens with one attached hydrogen (secondary N) is 1. The summed E-state index contributed by atoms with van der Waals surface area (Å²) in [6.45, 7) is 16.3. The fourth-order valence-electron chi connectivity index (χ4n) is 4.23. The zero-order valence-electron chi connectivity index (χ0n) is 21.3. The first kappa shape index (κ1) is 27.1. The van der Waals surface area contributed by atoms with Gasteiger partial charge in [0.25, 0.3) is 0 Å². The molecule has 4 atom stereocenters. The Hall–Kier alpha value is -2.16. The smallest absolute Gasteiger partial charge is 0.411 e. The molecule has 3 unspecified atom stereocenters. The highest BCUT2D eigenvalue weighted by atomic mass is 32.1. The highest BCUT2D eigenvalue weighted by Crippen LogP contribution is 2.42. The summed E-state index contributed by atoms with van der Waals surface area (Å²) in [6.07, 6.45) is 2.10. The number of hydrogen-bond donors (Lipinski definition) is 1. The van der Waals surface area contributed by atoms with Crippen LogP contribution in [0.15, 0.2) is 11.6 Å². The summed E-state index contributed by atoms with van der Waals surface area (Å²) < 4.78 is 11.4. The molecule has 33 heavy (non-hydrogen) atoms. The third-order valence-electron chi connectivity index (χ3n) is 5.12. The van der Waals surface area contributed by atoms with Gasteiger partial charge in [0.05, 0.1) is 17.1 Å². The van der Waals surface area contributed by atoms with E-state index in [2.05, 4.69) is 24.1 Å². The molecule has 0 aliphatic carbocycles. The zero-order chi connectivity index (χ0) is 25.1. The van der Waals surface area contributed by atoms with E-state index < -0.39 is 35.3 Å². The Morgan fingerprint density at radius 2 is 1.76 bits per heavy atom. The highest BCUT2D eigenvalue weighted by Gasteiger charge is 2.53. The molecule has 1 aliphatic rings. The first-order valence-electron chi connectivity index (χ1n) is 11.5. The fourth-order valence-corrected chi connectivity index (χ4v) is 5.02. The van der Waals surface area contributed by atoms with Crippen LogP contribution >= 0.6 is 11.3 Å². The number of rotatable bonds is 6. The maximum atomic E-state index is 13.5. The molecule has 2 amide bonds. The number of amides is 2. The van der Waals surface area contributed by atoms with Crippen molar-refractivity contribution < 1.29 is 23.9 Å². The van der Waals surface area contributed by atoms with Crippen LogP contribution in [0.4, 0.5) is 4.79 Å². The van der Waals surface area contributed by atoms with E-state index in [1.54, 1.807) is 47.7 Å². The second-order valence-electron chi connectivity index (χ2n) is 11.1. The van der Waals surface area contributed by atoms with Crippen LogP contribution in [0, 0.1) is 5.92 Å². The molecular weight excluding hydrogens is 442 g/mol. The minimum Gasteiger partial charge on any atom is -0.458 e. The Balaban J connectivity index is 2.60. The number of likely N-dealkylation sites (tertiary alicyclic amines) is 1. The predicted octanol–water partition coefficient (Wildman–Crippen LogP) is 4.50. The second-order valence-corrected chi connectivity index (χ2v) is 12.0. The Labute approximate surface area is 201 Å². The first-order valence-corrected chi connectivity index (χ1v) is 12.4. The number of ether oxygens (including phenoxy) is 2. The van der Waals surface area contributed by atoms with Crippen LogP contribution < -0.4 is 5.32 Å². The summed E-state index contributed by atoms with van der Waals surface area (Å²) >= 11 is 1.48. The summed E-state index contributed by atoms with van der Waals surface area (Å²) in [7, 11) is 0. The molecule has 0 radical (unpaired) electrons. The number of esters is 1. The van der Waals surface area contributed by atoms with Crippen LogP contribution in [0.5, 0.6) is 0 Å². The van der Waals surface area contributed by atoms with Crippen molar-refractivity contribution in [2.75, 3.05) is 0 Å². The number of thiazole rings is 1. The van der Waals surface area contributed by atoms with Crippen molar-refractivity contribution in [2.24, 2.45) is 5.92 Å². The molecule has 0 bridgehead atoms. The van der Waals surface area contributed by atoms with E-state index >= 15 is 0 Å². The lowest BCUT2D eigenvalue weighted by Crippen LogP contribution is -2.56. The summed E-state index contributed by atoms with van der Waals surface area (Å²) in [5.74, 6) is -0.669. The Bertz CT molecular complexity index is 826. The number of carbonyl (C=O) groups is 3. The summed E-state index contributed by atoms with van der Waals surface area (Å²) in [5.41, 5.74) is -1.46. The maximum absolute atomic E-state index is 13.5. The van der Waals surface area contributed by atoms with E-state index in [0.29, 0.717) is 12.8 Å². The van der Waals surface area contributed by atoms with E-state index in [-0.39, 0.29) is 23.8 Å². The lowest BCUT2D eigenvalue weighted by Gasteiger charge is -2.38. The predicted molar refractivity (Wildman–Crippen MR) is 128 cm³/mol. The summed E-state index contributed by atoms with van der Waals surface area (Å²) in [4.78, 5) is 44.9. The van der Waals surface area contributed by atoms with Gasteiger partial charge in [-0.3, -0.25) is 9.69 Å². The van der Waals surface area contributed by atoms with Gasteiger partial charge in [0.1, 0.15) is 17.2 Å². The van der Waals surface area contributed by atoms with Crippen LogP contribution in [0.3, 0.4) is 0 Å². The molecule has 1 aromatic rings. The monoisotopic (exact) mass is 481 g/mol. The highest BCUT2D eigenvalue weighted by molar-refractivity contribution is 7.09. The molecule has 2 rings (SSSR count). The van der Waals surface area contributed by atoms with Crippen molar-refractivity contribution in [3.63, 3.8) is 0 Å². The van der Waals surface area contributed by atoms with Gasteiger partial charge < -0.3 is 14.8 Å². The topological polar surface area (TPSA) is 97.8 Å². The lowest BCUT2D eigenvalue weighted by atomic mass is 9.88. The van der Waals surface area contributed by atoms with E-state index in [1.165, 1.54) is 23.2 Å². The van der Waals surface area contributed by atoms with E-state index in [9.17, 15) is 14.4 Å². The number of carbonyl (C=O) groups excluding carboxylic acids is 3. The normalized spacial score (nSPS) is 22.2. The quantitative estimate of drug-likeness (QED) is 0.601. The Morgan fingerprint density at radius 3 is 2.21 bits per heavy atom. The average Bonchev–Trinajstić information content (AvgIpc) is 3.24. The van der Waals surface area contributed by atoms with Crippen molar-refractivity contribution in [2.45, 2.75) is 110 Å². The van der Waals surface area contributed by atoms with Crippen LogP contribution in [-0.2, 0) is 19.1 Å². The Kier molecular flexibility index (Phi) is 8.54. The largest absolute Gasteiger partial charge is 0.458 e. The molecule has 186 valence electrons. The van der Waals surface area contributed by atoms with Gasteiger partial charge in [0.2, 0.25) is 5.91 Å². The number of nitrogens with zero attached hydrogens (tertiary/aromatic N) is 2. The second kappa shape index (κ2) is 10.4. The molecular formula is C24H39N3O5S. The first-order chi connectivity index (χ1) is 15.1. The molecule has 1 aliphatic heterocycles. The average molecular weight is 482 g/mol. The fraction of sp³-hybridized carbons (Fsp3) is 0.750. The van der Waals surface area contributed by atoms with Crippen molar-refractivity contribution >= 4 is 29.3 Å². The van der Waals surface area contributed by atoms with Crippen molar-refractivity contribution in [3.05, 3.63) is 16.6 Å². The van der Waals surface area contributed by atoms with Crippen LogP contribution in [0.1, 0.15) is 86.1 Å². The van der Waals surface area contributed by atoms with Crippen LogP contribution in [0.2, 0.25) is 0 Å². The van der Waals surface area contributed by atoms with E-state index in [0.717, 1.165) is 5.01 Å². The minimum absolute atomic E-state index is 0.191. The maximum Gasteiger partial charge on any atom is 0.411 e. The van der Waals surface area contributed by atoms with Crippen molar-refractivity contribution in [1.29, 1.82) is 0 Å². The van der Waals surface area contributed by atoms with E-state index in [1.807, 2.05) is 5.38 Å². The standard InChI is InChI=1S/C24H39N3O5S/c1-14(2)12-17(26-15(3)28)19-16(20-25-10-11-33-20)13-18(21(29)31-23(4,5)6)27(19)22(30)32-24(7,8)9/h10-11,14,16-19H,12-13H2,1-9H3,(H,26,28)/t16?,17?,18?,19-/m1/s1. The van der Waals surface area contributed by atoms with Gasteiger partial charge in [0.15, 0.2) is 0 Å². The van der Waals surface area contributed by atoms with E-state index in [4.69, 9.17) is 9.47 Å². The van der Waals surface area contributed by atoms with Crippen LogP contribution in [-0.4, -0.2) is 57.2 Å².